The number of carbonyl (C=O) groups is 2. The quantitative estimate of drug-likeness (QED) is 0.555. The molecule has 9 nitrogen and oxygen atoms in total. The molecule has 1 saturated heterocycles. The van der Waals surface area contributed by atoms with Gasteiger partial charge in [-0.1, -0.05) is 17.4 Å². The first-order valence-corrected chi connectivity index (χ1v) is 12.0. The molecular formula is C23H27FN6O3S. The SMILES string of the molecule is Cc1ccc(F)cc1NC(=O)Cn1cnc2nc(N3CCCC(C(=O)NC(C)C)C3)sc2c1=O. The number of rotatable bonds is 6. The number of nitrogens with one attached hydrogen (secondary N) is 2. The van der Waals surface area contributed by atoms with Crippen molar-refractivity contribution in [3.05, 3.63) is 46.3 Å². The molecule has 1 fully saturated rings. The number of benzene rings is 1. The van der Waals surface area contributed by atoms with Crippen LogP contribution in [0.15, 0.2) is 29.3 Å². The number of piperidine rings is 1. The largest absolute Gasteiger partial charge is 0.354 e. The van der Waals surface area contributed by atoms with Gasteiger partial charge in [-0.25, -0.2) is 9.37 Å². The summed E-state index contributed by atoms with van der Waals surface area (Å²) < 4.78 is 15.1. The van der Waals surface area contributed by atoms with Crippen LogP contribution in [0.2, 0.25) is 0 Å². The van der Waals surface area contributed by atoms with Crippen LogP contribution < -0.4 is 21.1 Å². The normalized spacial score (nSPS) is 16.1. The molecule has 34 heavy (non-hydrogen) atoms. The van der Waals surface area contributed by atoms with E-state index in [0.717, 1.165) is 19.4 Å². The van der Waals surface area contributed by atoms with Gasteiger partial charge in [-0.05, 0) is 51.3 Å². The molecule has 1 aliphatic rings. The molecule has 3 heterocycles. The van der Waals surface area contributed by atoms with Crippen molar-refractivity contribution in [1.29, 1.82) is 0 Å². The van der Waals surface area contributed by atoms with Gasteiger partial charge in [0.1, 0.15) is 23.4 Å². The lowest BCUT2D eigenvalue weighted by molar-refractivity contribution is -0.125. The Morgan fingerprint density at radius 3 is 2.88 bits per heavy atom. The third-order valence-electron chi connectivity index (χ3n) is 5.65. The average Bonchev–Trinajstić information content (AvgIpc) is 3.23. The van der Waals surface area contributed by atoms with Crippen LogP contribution in [0.3, 0.4) is 0 Å². The topological polar surface area (TPSA) is 109 Å². The highest BCUT2D eigenvalue weighted by molar-refractivity contribution is 7.22. The van der Waals surface area contributed by atoms with E-state index in [1.54, 1.807) is 13.0 Å². The van der Waals surface area contributed by atoms with Crippen molar-refractivity contribution in [2.45, 2.75) is 46.2 Å². The molecule has 1 aliphatic heterocycles. The van der Waals surface area contributed by atoms with Crippen LogP contribution in [-0.2, 0) is 16.1 Å². The number of fused-ring (bicyclic) bond motifs is 1. The summed E-state index contributed by atoms with van der Waals surface area (Å²) >= 11 is 1.21. The molecule has 0 bridgehead atoms. The second-order valence-corrected chi connectivity index (χ2v) is 9.76. The highest BCUT2D eigenvalue weighted by atomic mass is 32.1. The lowest BCUT2D eigenvalue weighted by Crippen LogP contribution is -2.44. The van der Waals surface area contributed by atoms with Gasteiger partial charge in [0.25, 0.3) is 5.56 Å². The van der Waals surface area contributed by atoms with E-state index < -0.39 is 11.7 Å². The van der Waals surface area contributed by atoms with Crippen LogP contribution in [0.25, 0.3) is 10.3 Å². The maximum Gasteiger partial charge on any atom is 0.273 e. The predicted molar refractivity (Wildman–Crippen MR) is 130 cm³/mol. The Balaban J connectivity index is 1.50. The number of aryl methyl sites for hydroxylation is 1. The molecule has 0 aliphatic carbocycles. The number of aromatic nitrogens is 3. The smallest absolute Gasteiger partial charge is 0.273 e. The standard InChI is InChI=1S/C23H27FN6O3S/c1-13(2)26-21(32)15-5-4-8-29(10-15)23-28-20-19(34-23)22(33)30(12-25-20)11-18(31)27-17-9-16(24)7-6-14(17)3/h6-7,9,12-13,15H,4-5,8,10-11H2,1-3H3,(H,26,32)(H,27,31). The van der Waals surface area contributed by atoms with Crippen molar-refractivity contribution in [1.82, 2.24) is 19.9 Å². The summed E-state index contributed by atoms with van der Waals surface area (Å²) in [6.45, 7) is 6.64. The number of hydrogen-bond acceptors (Lipinski definition) is 7. The molecule has 1 aromatic carbocycles. The van der Waals surface area contributed by atoms with Crippen molar-refractivity contribution in [2.75, 3.05) is 23.3 Å². The summed E-state index contributed by atoms with van der Waals surface area (Å²) in [7, 11) is 0. The summed E-state index contributed by atoms with van der Waals surface area (Å²) in [5.41, 5.74) is 1.01. The molecule has 2 aromatic heterocycles. The Kier molecular flexibility index (Phi) is 6.92. The van der Waals surface area contributed by atoms with Gasteiger partial charge < -0.3 is 15.5 Å². The van der Waals surface area contributed by atoms with E-state index in [0.29, 0.717) is 33.3 Å². The molecule has 4 rings (SSSR count). The molecule has 1 atom stereocenters. The van der Waals surface area contributed by atoms with Crippen molar-refractivity contribution in [2.24, 2.45) is 5.92 Å². The Morgan fingerprint density at radius 2 is 2.12 bits per heavy atom. The van der Waals surface area contributed by atoms with E-state index in [1.807, 2.05) is 18.7 Å². The van der Waals surface area contributed by atoms with Gasteiger partial charge in [-0.2, -0.15) is 4.98 Å². The van der Waals surface area contributed by atoms with Crippen LogP contribution in [-0.4, -0.2) is 45.5 Å². The van der Waals surface area contributed by atoms with Gasteiger partial charge >= 0.3 is 0 Å². The maximum atomic E-state index is 13.5. The highest BCUT2D eigenvalue weighted by Crippen LogP contribution is 2.29. The van der Waals surface area contributed by atoms with Crippen LogP contribution in [0.4, 0.5) is 15.2 Å². The van der Waals surface area contributed by atoms with E-state index in [9.17, 15) is 18.8 Å². The molecule has 0 saturated carbocycles. The molecule has 11 heteroatoms. The van der Waals surface area contributed by atoms with Gasteiger partial charge in [-0.15, -0.1) is 0 Å². The molecule has 0 radical (unpaired) electrons. The average molecular weight is 487 g/mol. The Bertz CT molecular complexity index is 1290. The van der Waals surface area contributed by atoms with E-state index in [4.69, 9.17) is 0 Å². The van der Waals surface area contributed by atoms with Crippen molar-refractivity contribution < 1.29 is 14.0 Å². The van der Waals surface area contributed by atoms with Crippen molar-refractivity contribution >= 4 is 44.3 Å². The van der Waals surface area contributed by atoms with Gasteiger partial charge in [0.05, 0.1) is 5.92 Å². The van der Waals surface area contributed by atoms with E-state index >= 15 is 0 Å². The number of amides is 2. The van der Waals surface area contributed by atoms with Crippen molar-refractivity contribution in [3.63, 3.8) is 0 Å². The number of hydrogen-bond donors (Lipinski definition) is 2. The Morgan fingerprint density at radius 1 is 1.32 bits per heavy atom. The van der Waals surface area contributed by atoms with E-state index in [-0.39, 0.29) is 30.0 Å². The number of nitrogens with zero attached hydrogens (tertiary/aromatic N) is 4. The van der Waals surface area contributed by atoms with Gasteiger partial charge in [0, 0.05) is 24.8 Å². The summed E-state index contributed by atoms with van der Waals surface area (Å²) in [5.74, 6) is -1.03. The molecule has 180 valence electrons. The van der Waals surface area contributed by atoms with Crippen LogP contribution in [0, 0.1) is 18.7 Å². The number of halogens is 1. The Labute approximate surface area is 200 Å². The van der Waals surface area contributed by atoms with E-state index in [2.05, 4.69) is 20.6 Å². The van der Waals surface area contributed by atoms with Gasteiger partial charge in [0.15, 0.2) is 10.8 Å². The number of thiazole rings is 1. The summed E-state index contributed by atoms with van der Waals surface area (Å²) in [6.07, 6.45) is 2.95. The first-order chi connectivity index (χ1) is 16.2. The fourth-order valence-corrected chi connectivity index (χ4v) is 4.93. The molecular weight excluding hydrogens is 459 g/mol. The fraction of sp³-hybridized carbons (Fsp3) is 0.435. The lowest BCUT2D eigenvalue weighted by atomic mass is 9.97. The van der Waals surface area contributed by atoms with Crippen LogP contribution >= 0.6 is 11.3 Å². The third-order valence-corrected chi connectivity index (χ3v) is 6.75. The minimum atomic E-state index is -0.461. The zero-order valence-corrected chi connectivity index (χ0v) is 20.1. The molecule has 2 amide bonds. The predicted octanol–water partition coefficient (Wildman–Crippen LogP) is 2.68. The summed E-state index contributed by atoms with van der Waals surface area (Å²) in [4.78, 5) is 48.7. The summed E-state index contributed by atoms with van der Waals surface area (Å²) in [6, 6.07) is 4.20. The second kappa shape index (κ2) is 9.88. The minimum Gasteiger partial charge on any atom is -0.354 e. The van der Waals surface area contributed by atoms with Gasteiger partial charge in [0.2, 0.25) is 11.8 Å². The second-order valence-electron chi connectivity index (χ2n) is 8.78. The first-order valence-electron chi connectivity index (χ1n) is 11.2. The Hall–Kier alpha value is -3.34. The number of anilines is 2. The first kappa shape index (κ1) is 23.8. The molecule has 3 aromatic rings. The molecule has 2 N–H and O–H groups in total. The van der Waals surface area contributed by atoms with Crippen molar-refractivity contribution in [3.8, 4) is 0 Å². The monoisotopic (exact) mass is 486 g/mol. The zero-order valence-electron chi connectivity index (χ0n) is 19.3. The molecule has 1 unspecified atom stereocenters. The highest BCUT2D eigenvalue weighted by Gasteiger charge is 2.28. The van der Waals surface area contributed by atoms with Crippen LogP contribution in [0.1, 0.15) is 32.3 Å². The number of carbonyl (C=O) groups excluding carboxylic acids is 2. The fourth-order valence-electron chi connectivity index (χ4n) is 3.92. The zero-order chi connectivity index (χ0) is 24.4. The van der Waals surface area contributed by atoms with Crippen LogP contribution in [0.5, 0.6) is 0 Å². The maximum absolute atomic E-state index is 13.5. The summed E-state index contributed by atoms with van der Waals surface area (Å²) in [5, 5.41) is 6.24. The lowest BCUT2D eigenvalue weighted by Gasteiger charge is -2.32. The third kappa shape index (κ3) is 5.24. The molecule has 0 spiro atoms. The van der Waals surface area contributed by atoms with Gasteiger partial charge in [-0.3, -0.25) is 19.0 Å². The minimum absolute atomic E-state index is 0.0286. The van der Waals surface area contributed by atoms with E-state index in [1.165, 1.54) is 34.4 Å².